The molecule has 94 valence electrons. The van der Waals surface area contributed by atoms with Crippen LogP contribution in [-0.2, 0) is 0 Å². The van der Waals surface area contributed by atoms with Crippen LogP contribution in [0.25, 0.3) is 0 Å². The number of nitrogens with zero attached hydrogens (tertiary/aromatic N) is 1. The van der Waals surface area contributed by atoms with Crippen LogP contribution in [0.5, 0.6) is 5.75 Å². The number of aliphatic hydroxyl groups excluding tert-OH is 1. The second kappa shape index (κ2) is 5.88. The van der Waals surface area contributed by atoms with E-state index in [2.05, 4.69) is 0 Å². The van der Waals surface area contributed by atoms with E-state index in [0.29, 0.717) is 5.56 Å². The van der Waals surface area contributed by atoms with Gasteiger partial charge in [0.1, 0.15) is 5.75 Å². The smallest absolute Gasteiger partial charge is 0.270 e. The summed E-state index contributed by atoms with van der Waals surface area (Å²) >= 11 is 1.45. The van der Waals surface area contributed by atoms with Gasteiger partial charge in [-0.25, -0.2) is 0 Å². The zero-order valence-electron chi connectivity index (χ0n) is 9.66. The van der Waals surface area contributed by atoms with Gasteiger partial charge in [0.25, 0.3) is 5.69 Å². The number of aromatic hydroxyl groups is 1. The Labute approximate surface area is 104 Å². The van der Waals surface area contributed by atoms with Gasteiger partial charge in [0.2, 0.25) is 0 Å². The number of rotatable bonds is 5. The number of thioether (sulfide) groups is 1. The Bertz CT molecular complexity index is 408. The number of hydrogen-bond acceptors (Lipinski definition) is 5. The number of phenols is 1. The molecule has 0 spiro atoms. The van der Waals surface area contributed by atoms with Crippen LogP contribution in [0.1, 0.15) is 24.7 Å². The van der Waals surface area contributed by atoms with Gasteiger partial charge in [-0.05, 0) is 11.3 Å². The molecule has 2 N–H and O–H groups in total. The largest absolute Gasteiger partial charge is 0.508 e. The van der Waals surface area contributed by atoms with E-state index in [1.54, 1.807) is 0 Å². The van der Waals surface area contributed by atoms with Crippen molar-refractivity contribution < 1.29 is 15.1 Å². The molecule has 6 heteroatoms. The Balaban J connectivity index is 3.08. The van der Waals surface area contributed by atoms with Gasteiger partial charge in [-0.2, -0.15) is 0 Å². The van der Waals surface area contributed by atoms with Crippen molar-refractivity contribution in [1.82, 2.24) is 0 Å². The molecule has 0 saturated heterocycles. The van der Waals surface area contributed by atoms with Crippen molar-refractivity contribution in [2.75, 3.05) is 6.61 Å². The van der Waals surface area contributed by atoms with Gasteiger partial charge in [-0.3, -0.25) is 10.1 Å². The number of phenolic OH excluding ortho intramolecular Hbond substituents is 1. The summed E-state index contributed by atoms with van der Waals surface area (Å²) in [6.07, 6.45) is 0. The summed E-state index contributed by atoms with van der Waals surface area (Å²) in [6, 6.07) is 3.84. The maximum absolute atomic E-state index is 10.7. The molecule has 1 unspecified atom stereocenters. The van der Waals surface area contributed by atoms with Crippen molar-refractivity contribution in [3.05, 3.63) is 33.9 Å². The molecule has 1 aromatic carbocycles. The average Bonchev–Trinajstić information content (AvgIpc) is 2.26. The highest BCUT2D eigenvalue weighted by Gasteiger charge is 2.19. The van der Waals surface area contributed by atoms with Crippen molar-refractivity contribution in [3.8, 4) is 5.75 Å². The van der Waals surface area contributed by atoms with Crippen LogP contribution in [0.15, 0.2) is 18.2 Å². The van der Waals surface area contributed by atoms with Gasteiger partial charge in [0.15, 0.2) is 0 Å². The van der Waals surface area contributed by atoms with Crippen LogP contribution < -0.4 is 0 Å². The minimum absolute atomic E-state index is 0.0252. The maximum atomic E-state index is 10.7. The highest BCUT2D eigenvalue weighted by molar-refractivity contribution is 8.00. The third kappa shape index (κ3) is 3.61. The average molecular weight is 257 g/mol. The number of aliphatic hydroxyl groups is 1. The van der Waals surface area contributed by atoms with Gasteiger partial charge in [0, 0.05) is 17.7 Å². The lowest BCUT2D eigenvalue weighted by Gasteiger charge is -2.17. The van der Waals surface area contributed by atoms with Crippen molar-refractivity contribution in [1.29, 1.82) is 0 Å². The molecule has 0 radical (unpaired) electrons. The molecule has 5 nitrogen and oxygen atoms in total. The van der Waals surface area contributed by atoms with Crippen LogP contribution in [-0.4, -0.2) is 27.0 Å². The maximum Gasteiger partial charge on any atom is 0.270 e. The molecule has 0 amide bonds. The summed E-state index contributed by atoms with van der Waals surface area (Å²) in [5.41, 5.74) is 0.320. The fraction of sp³-hybridized carbons (Fsp3) is 0.455. The Morgan fingerprint density at radius 1 is 1.47 bits per heavy atom. The van der Waals surface area contributed by atoms with Crippen LogP contribution in [0.3, 0.4) is 0 Å². The van der Waals surface area contributed by atoms with Crippen molar-refractivity contribution in [3.63, 3.8) is 0 Å². The molecule has 0 aliphatic heterocycles. The normalized spacial score (nSPS) is 12.7. The van der Waals surface area contributed by atoms with Crippen LogP contribution in [0, 0.1) is 10.1 Å². The second-order valence-electron chi connectivity index (χ2n) is 3.86. The lowest BCUT2D eigenvalue weighted by Crippen LogP contribution is -2.04. The highest BCUT2D eigenvalue weighted by atomic mass is 32.2. The predicted molar refractivity (Wildman–Crippen MR) is 67.3 cm³/mol. The molecule has 0 aliphatic carbocycles. The third-order valence-electron chi connectivity index (χ3n) is 2.17. The molecule has 0 fully saturated rings. The summed E-state index contributed by atoms with van der Waals surface area (Å²) in [5, 5.41) is 29.5. The van der Waals surface area contributed by atoms with Gasteiger partial charge in [0.05, 0.1) is 16.8 Å². The van der Waals surface area contributed by atoms with E-state index < -0.39 is 4.92 Å². The monoisotopic (exact) mass is 257 g/mol. The van der Waals surface area contributed by atoms with Crippen LogP contribution >= 0.6 is 11.8 Å². The minimum Gasteiger partial charge on any atom is -0.508 e. The summed E-state index contributed by atoms with van der Waals surface area (Å²) < 4.78 is 0. The van der Waals surface area contributed by atoms with E-state index >= 15 is 0 Å². The molecule has 17 heavy (non-hydrogen) atoms. The fourth-order valence-electron chi connectivity index (χ4n) is 1.46. The first-order chi connectivity index (χ1) is 7.95. The quantitative estimate of drug-likeness (QED) is 0.625. The minimum atomic E-state index is -0.516. The SMILES string of the molecule is CC(C)SC(CO)c1cc([N+](=O)[O-])ccc1O. The molecule has 1 atom stereocenters. The molecule has 1 rings (SSSR count). The molecule has 0 aliphatic rings. The summed E-state index contributed by atoms with van der Waals surface area (Å²) in [4.78, 5) is 10.1. The Morgan fingerprint density at radius 2 is 2.12 bits per heavy atom. The Morgan fingerprint density at radius 3 is 2.59 bits per heavy atom. The van der Waals surface area contributed by atoms with E-state index in [4.69, 9.17) is 0 Å². The predicted octanol–water partition coefficient (Wildman–Crippen LogP) is 2.48. The van der Waals surface area contributed by atoms with Crippen LogP contribution in [0.4, 0.5) is 5.69 Å². The summed E-state index contributed by atoms with van der Waals surface area (Å²) in [7, 11) is 0. The summed E-state index contributed by atoms with van der Waals surface area (Å²) in [6.45, 7) is 3.75. The second-order valence-corrected chi connectivity index (χ2v) is 5.64. The van der Waals surface area contributed by atoms with E-state index in [-0.39, 0.29) is 28.5 Å². The van der Waals surface area contributed by atoms with E-state index in [1.165, 1.54) is 30.0 Å². The third-order valence-corrected chi connectivity index (χ3v) is 3.45. The number of nitro groups is 1. The van der Waals surface area contributed by atoms with E-state index in [0.717, 1.165) is 0 Å². The van der Waals surface area contributed by atoms with Crippen LogP contribution in [0.2, 0.25) is 0 Å². The number of non-ortho nitro benzene ring substituents is 1. The van der Waals surface area contributed by atoms with Gasteiger partial charge < -0.3 is 10.2 Å². The topological polar surface area (TPSA) is 83.6 Å². The Kier molecular flexibility index (Phi) is 4.77. The lowest BCUT2D eigenvalue weighted by atomic mass is 10.1. The van der Waals surface area contributed by atoms with Crippen molar-refractivity contribution in [2.45, 2.75) is 24.3 Å². The zero-order valence-corrected chi connectivity index (χ0v) is 10.5. The molecule has 0 heterocycles. The fourth-order valence-corrected chi connectivity index (χ4v) is 2.54. The summed E-state index contributed by atoms with van der Waals surface area (Å²) in [5.74, 6) is -0.0252. The van der Waals surface area contributed by atoms with Gasteiger partial charge in [-0.15, -0.1) is 11.8 Å². The Hall–Kier alpha value is -1.27. The van der Waals surface area contributed by atoms with E-state index in [9.17, 15) is 20.3 Å². The molecule has 0 aromatic heterocycles. The van der Waals surface area contributed by atoms with Crippen molar-refractivity contribution in [2.24, 2.45) is 0 Å². The number of hydrogen-bond donors (Lipinski definition) is 2. The number of nitro benzene ring substituents is 1. The zero-order chi connectivity index (χ0) is 13.0. The number of benzene rings is 1. The van der Waals surface area contributed by atoms with Gasteiger partial charge in [-0.1, -0.05) is 13.8 Å². The molecule has 1 aromatic rings. The lowest BCUT2D eigenvalue weighted by molar-refractivity contribution is -0.384. The van der Waals surface area contributed by atoms with Gasteiger partial charge >= 0.3 is 0 Å². The first kappa shape index (κ1) is 13.8. The molecular formula is C11H15NO4S. The molecule has 0 bridgehead atoms. The van der Waals surface area contributed by atoms with E-state index in [1.807, 2.05) is 13.8 Å². The van der Waals surface area contributed by atoms with Crippen molar-refractivity contribution >= 4 is 17.4 Å². The molecule has 0 saturated carbocycles. The first-order valence-corrected chi connectivity index (χ1v) is 6.13. The molecular weight excluding hydrogens is 242 g/mol. The standard InChI is InChI=1S/C11H15NO4S/c1-7(2)17-11(6-13)9-5-8(12(15)16)3-4-10(9)14/h3-5,7,11,13-14H,6H2,1-2H3. The first-order valence-electron chi connectivity index (χ1n) is 5.19. The highest BCUT2D eigenvalue weighted by Crippen LogP contribution is 2.38.